The summed E-state index contributed by atoms with van der Waals surface area (Å²) in [4.78, 5) is 4.68. The SMILES string of the molecule is CCc1ccc(N(c2ccccc2)c2ccc(-c3ccc(N(c4ccccc4)c4ccc(CC)cc4)cc3C)c(C)c2)cc1. The number of hydrogen-bond donors (Lipinski definition) is 0. The molecular weight excluding hydrogens is 532 g/mol. The lowest BCUT2D eigenvalue weighted by molar-refractivity contribution is 1.14. The summed E-state index contributed by atoms with van der Waals surface area (Å²) in [6, 6.07) is 52.8. The molecule has 0 atom stereocenters. The molecule has 6 rings (SSSR count). The van der Waals surface area contributed by atoms with Crippen molar-refractivity contribution in [1.29, 1.82) is 0 Å². The van der Waals surface area contributed by atoms with E-state index in [-0.39, 0.29) is 0 Å². The van der Waals surface area contributed by atoms with E-state index in [0.29, 0.717) is 0 Å². The minimum absolute atomic E-state index is 1.03. The summed E-state index contributed by atoms with van der Waals surface area (Å²) < 4.78 is 0. The van der Waals surface area contributed by atoms with Crippen molar-refractivity contribution in [2.24, 2.45) is 0 Å². The van der Waals surface area contributed by atoms with Crippen LogP contribution in [-0.2, 0) is 12.8 Å². The van der Waals surface area contributed by atoms with Crippen molar-refractivity contribution in [1.82, 2.24) is 0 Å². The lowest BCUT2D eigenvalue weighted by Gasteiger charge is -2.27. The summed E-state index contributed by atoms with van der Waals surface area (Å²) >= 11 is 0. The molecule has 0 spiro atoms. The Hall–Kier alpha value is -5.08. The van der Waals surface area contributed by atoms with E-state index in [9.17, 15) is 0 Å². The Bertz CT molecular complexity index is 1680. The predicted octanol–water partition coefficient (Wildman–Crippen LogP) is 12.0. The van der Waals surface area contributed by atoms with Crippen LogP contribution in [0.25, 0.3) is 11.1 Å². The van der Waals surface area contributed by atoms with Crippen LogP contribution in [0.4, 0.5) is 34.1 Å². The number of anilines is 6. The number of benzene rings is 6. The molecule has 218 valence electrons. The molecule has 0 radical (unpaired) electrons. The second-order valence-electron chi connectivity index (χ2n) is 11.4. The van der Waals surface area contributed by atoms with Crippen LogP contribution in [0.15, 0.2) is 146 Å². The highest BCUT2D eigenvalue weighted by Crippen LogP contribution is 2.40. The van der Waals surface area contributed by atoms with Crippen molar-refractivity contribution < 1.29 is 0 Å². The molecule has 0 heterocycles. The fourth-order valence-corrected chi connectivity index (χ4v) is 5.99. The topological polar surface area (TPSA) is 6.48 Å². The molecule has 0 saturated heterocycles. The van der Waals surface area contributed by atoms with Crippen LogP contribution in [-0.4, -0.2) is 0 Å². The van der Waals surface area contributed by atoms with Crippen LogP contribution in [0.3, 0.4) is 0 Å². The minimum Gasteiger partial charge on any atom is -0.310 e. The molecule has 0 amide bonds. The highest BCUT2D eigenvalue weighted by atomic mass is 15.1. The third-order valence-corrected chi connectivity index (χ3v) is 8.46. The number of hydrogen-bond acceptors (Lipinski definition) is 2. The molecule has 0 fully saturated rings. The smallest absolute Gasteiger partial charge is 0.0464 e. The average molecular weight is 573 g/mol. The molecule has 0 saturated carbocycles. The van der Waals surface area contributed by atoms with Gasteiger partial charge in [-0.05, 0) is 133 Å². The quantitative estimate of drug-likeness (QED) is 0.170. The summed E-state index contributed by atoms with van der Waals surface area (Å²) in [6.07, 6.45) is 2.07. The van der Waals surface area contributed by atoms with Crippen molar-refractivity contribution in [3.05, 3.63) is 168 Å². The maximum Gasteiger partial charge on any atom is 0.0464 e. The largest absolute Gasteiger partial charge is 0.310 e. The molecule has 44 heavy (non-hydrogen) atoms. The van der Waals surface area contributed by atoms with Gasteiger partial charge in [-0.15, -0.1) is 0 Å². The molecule has 2 nitrogen and oxygen atoms in total. The number of nitrogens with zero attached hydrogens (tertiary/aromatic N) is 2. The first-order chi connectivity index (χ1) is 21.6. The van der Waals surface area contributed by atoms with Crippen molar-refractivity contribution >= 4 is 34.1 Å². The Morgan fingerprint density at radius 3 is 1.00 bits per heavy atom. The van der Waals surface area contributed by atoms with E-state index in [1.807, 2.05) is 0 Å². The molecule has 0 N–H and O–H groups in total. The van der Waals surface area contributed by atoms with Crippen molar-refractivity contribution in [2.75, 3.05) is 9.80 Å². The fourth-order valence-electron chi connectivity index (χ4n) is 5.99. The Kier molecular flexibility index (Phi) is 8.61. The van der Waals surface area contributed by atoms with Gasteiger partial charge in [0.05, 0.1) is 0 Å². The molecule has 0 bridgehead atoms. The number of rotatable bonds is 9. The van der Waals surface area contributed by atoms with E-state index in [2.05, 4.69) is 183 Å². The van der Waals surface area contributed by atoms with Crippen molar-refractivity contribution in [3.8, 4) is 11.1 Å². The molecule has 0 aliphatic heterocycles. The van der Waals surface area contributed by atoms with Crippen LogP contribution in [0.1, 0.15) is 36.1 Å². The molecule has 0 aliphatic carbocycles. The predicted molar refractivity (Wildman–Crippen MR) is 189 cm³/mol. The number of para-hydroxylation sites is 2. The van der Waals surface area contributed by atoms with Gasteiger partial charge < -0.3 is 9.80 Å². The monoisotopic (exact) mass is 572 g/mol. The van der Waals surface area contributed by atoms with E-state index in [1.165, 1.54) is 33.4 Å². The highest BCUT2D eigenvalue weighted by Gasteiger charge is 2.17. The van der Waals surface area contributed by atoms with Gasteiger partial charge in [0.15, 0.2) is 0 Å². The zero-order valence-corrected chi connectivity index (χ0v) is 26.2. The molecule has 6 aromatic rings. The first-order valence-corrected chi connectivity index (χ1v) is 15.7. The molecule has 0 unspecified atom stereocenters. The average Bonchev–Trinajstić information content (AvgIpc) is 3.07. The zero-order chi connectivity index (χ0) is 30.5. The molecule has 0 aliphatic rings. The highest BCUT2D eigenvalue weighted by molar-refractivity contribution is 5.83. The Balaban J connectivity index is 1.37. The molecule has 6 aromatic carbocycles. The van der Waals surface area contributed by atoms with Crippen LogP contribution in [0.5, 0.6) is 0 Å². The van der Waals surface area contributed by atoms with Crippen molar-refractivity contribution in [2.45, 2.75) is 40.5 Å². The van der Waals surface area contributed by atoms with Crippen LogP contribution >= 0.6 is 0 Å². The second kappa shape index (κ2) is 13.1. The van der Waals surface area contributed by atoms with Crippen LogP contribution in [0, 0.1) is 13.8 Å². The lowest BCUT2D eigenvalue weighted by atomic mass is 9.95. The molecular formula is C42H40N2. The standard InChI is InChI=1S/C42H40N2/c1-5-33-17-21-37(22-18-33)43(35-13-9-7-10-14-35)39-25-27-41(31(3)29-39)42-28-26-40(30-32(42)4)44(36-15-11-8-12-16-36)38-23-19-34(6-2)20-24-38/h7-30H,5-6H2,1-4H3. The van der Waals surface area contributed by atoms with Gasteiger partial charge in [0.2, 0.25) is 0 Å². The third-order valence-electron chi connectivity index (χ3n) is 8.46. The maximum absolute atomic E-state index is 2.34. The Morgan fingerprint density at radius 1 is 0.364 bits per heavy atom. The lowest BCUT2D eigenvalue weighted by Crippen LogP contribution is -2.10. The minimum atomic E-state index is 1.03. The van der Waals surface area contributed by atoms with E-state index in [1.54, 1.807) is 0 Å². The third kappa shape index (κ3) is 6.02. The second-order valence-corrected chi connectivity index (χ2v) is 11.4. The van der Waals surface area contributed by atoms with Gasteiger partial charge in [0.25, 0.3) is 0 Å². The summed E-state index contributed by atoms with van der Waals surface area (Å²) in [5, 5.41) is 0. The maximum atomic E-state index is 2.34. The Labute approximate surface area is 262 Å². The van der Waals surface area contributed by atoms with E-state index in [0.717, 1.165) is 47.0 Å². The van der Waals surface area contributed by atoms with E-state index in [4.69, 9.17) is 0 Å². The van der Waals surface area contributed by atoms with Gasteiger partial charge in [0, 0.05) is 34.1 Å². The molecule has 0 aromatic heterocycles. The number of aryl methyl sites for hydroxylation is 4. The summed E-state index contributed by atoms with van der Waals surface area (Å²) in [5.74, 6) is 0. The summed E-state index contributed by atoms with van der Waals surface area (Å²) in [7, 11) is 0. The van der Waals surface area contributed by atoms with E-state index < -0.39 is 0 Å². The molecule has 2 heteroatoms. The van der Waals surface area contributed by atoms with Gasteiger partial charge in [-0.25, -0.2) is 0 Å². The zero-order valence-electron chi connectivity index (χ0n) is 26.2. The van der Waals surface area contributed by atoms with Gasteiger partial charge in [-0.3, -0.25) is 0 Å². The van der Waals surface area contributed by atoms with Gasteiger partial charge in [-0.2, -0.15) is 0 Å². The fraction of sp³-hybridized carbons (Fsp3) is 0.143. The Morgan fingerprint density at radius 2 is 0.682 bits per heavy atom. The summed E-state index contributed by atoms with van der Waals surface area (Å²) in [6.45, 7) is 8.84. The first kappa shape index (κ1) is 29.0. The van der Waals surface area contributed by atoms with E-state index >= 15 is 0 Å². The van der Waals surface area contributed by atoms with Crippen LogP contribution < -0.4 is 9.80 Å². The van der Waals surface area contributed by atoms with Gasteiger partial charge in [-0.1, -0.05) is 86.6 Å². The summed E-state index contributed by atoms with van der Waals surface area (Å²) in [5.41, 5.74) is 14.6. The van der Waals surface area contributed by atoms with Gasteiger partial charge >= 0.3 is 0 Å². The normalized spacial score (nSPS) is 10.9. The first-order valence-electron chi connectivity index (χ1n) is 15.7. The van der Waals surface area contributed by atoms with Crippen LogP contribution in [0.2, 0.25) is 0 Å². The van der Waals surface area contributed by atoms with Gasteiger partial charge in [0.1, 0.15) is 0 Å². The van der Waals surface area contributed by atoms with Crippen molar-refractivity contribution in [3.63, 3.8) is 0 Å².